The number of hydrogen-bond donors (Lipinski definition) is 1. The van der Waals surface area contributed by atoms with Crippen LogP contribution in [0.15, 0.2) is 12.1 Å². The first-order valence-corrected chi connectivity index (χ1v) is 6.61. The van der Waals surface area contributed by atoms with E-state index in [9.17, 15) is 4.79 Å². The molecule has 1 unspecified atom stereocenters. The number of carboxylic acids is 1. The van der Waals surface area contributed by atoms with E-state index >= 15 is 0 Å². The summed E-state index contributed by atoms with van der Waals surface area (Å²) in [5.41, 5.74) is 0.863. The van der Waals surface area contributed by atoms with Crippen molar-refractivity contribution >= 4 is 11.8 Å². The van der Waals surface area contributed by atoms with Crippen LogP contribution in [-0.2, 0) is 0 Å². The number of likely N-dealkylation sites (N-methyl/N-ethyl adjacent to an activating group) is 1. The van der Waals surface area contributed by atoms with Gasteiger partial charge in [0.15, 0.2) is 0 Å². The molecule has 1 aliphatic rings. The topological polar surface area (TPSA) is 56.7 Å². The van der Waals surface area contributed by atoms with Crippen molar-refractivity contribution in [3.8, 4) is 0 Å². The molecule has 1 fully saturated rings. The number of nitrogens with zero attached hydrogens (tertiary/aromatic N) is 3. The van der Waals surface area contributed by atoms with Crippen LogP contribution in [0.25, 0.3) is 0 Å². The minimum atomic E-state index is -0.915. The van der Waals surface area contributed by atoms with Crippen LogP contribution in [0.1, 0.15) is 28.9 Å². The number of rotatable bonds is 3. The number of aromatic carboxylic acids is 1. The average molecular weight is 263 g/mol. The van der Waals surface area contributed by atoms with E-state index in [0.29, 0.717) is 11.7 Å². The second kappa shape index (κ2) is 5.57. The van der Waals surface area contributed by atoms with Gasteiger partial charge in [-0.3, -0.25) is 0 Å². The van der Waals surface area contributed by atoms with Gasteiger partial charge in [-0.25, -0.2) is 9.78 Å². The molecule has 2 rings (SSSR count). The van der Waals surface area contributed by atoms with Crippen molar-refractivity contribution in [1.29, 1.82) is 0 Å². The van der Waals surface area contributed by atoms with Crippen LogP contribution in [0.2, 0.25) is 0 Å². The maximum absolute atomic E-state index is 11.0. The SMILES string of the molecule is Cc1nc(N2CCCC(N(C)C)C2)ccc1C(=O)O. The summed E-state index contributed by atoms with van der Waals surface area (Å²) in [4.78, 5) is 19.9. The van der Waals surface area contributed by atoms with Crippen LogP contribution >= 0.6 is 0 Å². The lowest BCUT2D eigenvalue weighted by Crippen LogP contribution is -2.45. The Bertz CT molecular complexity index is 474. The van der Waals surface area contributed by atoms with Gasteiger partial charge in [0.1, 0.15) is 5.82 Å². The molecule has 5 nitrogen and oxygen atoms in total. The van der Waals surface area contributed by atoms with E-state index in [0.717, 1.165) is 25.3 Å². The zero-order chi connectivity index (χ0) is 14.0. The van der Waals surface area contributed by atoms with Crippen LogP contribution in [-0.4, -0.2) is 54.2 Å². The van der Waals surface area contributed by atoms with E-state index in [4.69, 9.17) is 5.11 Å². The Morgan fingerprint density at radius 2 is 2.21 bits per heavy atom. The fourth-order valence-electron chi connectivity index (χ4n) is 2.53. The number of anilines is 1. The smallest absolute Gasteiger partial charge is 0.337 e. The van der Waals surface area contributed by atoms with Crippen LogP contribution in [0.3, 0.4) is 0 Å². The number of aryl methyl sites for hydroxylation is 1. The largest absolute Gasteiger partial charge is 0.478 e. The number of aromatic nitrogens is 1. The summed E-state index contributed by atoms with van der Waals surface area (Å²) in [6.45, 7) is 3.69. The van der Waals surface area contributed by atoms with Gasteiger partial charge in [0.2, 0.25) is 0 Å². The van der Waals surface area contributed by atoms with Crippen molar-refractivity contribution in [3.63, 3.8) is 0 Å². The molecule has 1 N–H and O–H groups in total. The molecule has 1 aromatic heterocycles. The third kappa shape index (κ3) is 3.04. The second-order valence-electron chi connectivity index (χ2n) is 5.31. The summed E-state index contributed by atoms with van der Waals surface area (Å²) in [6, 6.07) is 4.00. The zero-order valence-corrected chi connectivity index (χ0v) is 11.8. The first-order chi connectivity index (χ1) is 8.99. The molecule has 1 aromatic rings. The van der Waals surface area contributed by atoms with Gasteiger partial charge >= 0.3 is 5.97 Å². The van der Waals surface area contributed by atoms with Gasteiger partial charge in [-0.05, 0) is 46.0 Å². The highest BCUT2D eigenvalue weighted by atomic mass is 16.4. The molecule has 19 heavy (non-hydrogen) atoms. The first kappa shape index (κ1) is 13.8. The highest BCUT2D eigenvalue weighted by molar-refractivity contribution is 5.89. The van der Waals surface area contributed by atoms with E-state index in [2.05, 4.69) is 28.9 Å². The Morgan fingerprint density at radius 1 is 1.47 bits per heavy atom. The summed E-state index contributed by atoms with van der Waals surface area (Å²) >= 11 is 0. The van der Waals surface area contributed by atoms with Gasteiger partial charge < -0.3 is 14.9 Å². The lowest BCUT2D eigenvalue weighted by atomic mass is 10.0. The van der Waals surface area contributed by atoms with Crippen molar-refractivity contribution in [2.24, 2.45) is 0 Å². The molecule has 5 heteroatoms. The number of hydrogen-bond acceptors (Lipinski definition) is 4. The quantitative estimate of drug-likeness (QED) is 0.898. The molecule has 0 saturated carbocycles. The molecule has 1 atom stereocenters. The van der Waals surface area contributed by atoms with Crippen LogP contribution in [0.4, 0.5) is 5.82 Å². The van der Waals surface area contributed by atoms with Crippen LogP contribution < -0.4 is 4.90 Å². The number of pyridine rings is 1. The number of carbonyl (C=O) groups is 1. The molecular formula is C14H21N3O2. The van der Waals surface area contributed by atoms with Gasteiger partial charge in [0.25, 0.3) is 0 Å². The van der Waals surface area contributed by atoms with Crippen molar-refractivity contribution in [2.75, 3.05) is 32.1 Å². The van der Waals surface area contributed by atoms with E-state index in [1.54, 1.807) is 13.0 Å². The molecule has 0 bridgehead atoms. The van der Waals surface area contributed by atoms with Gasteiger partial charge in [-0.15, -0.1) is 0 Å². The maximum atomic E-state index is 11.0. The van der Waals surface area contributed by atoms with Gasteiger partial charge in [-0.1, -0.05) is 0 Å². The highest BCUT2D eigenvalue weighted by Gasteiger charge is 2.22. The highest BCUT2D eigenvalue weighted by Crippen LogP contribution is 2.21. The van der Waals surface area contributed by atoms with Crippen molar-refractivity contribution in [3.05, 3.63) is 23.4 Å². The molecule has 0 spiro atoms. The fraction of sp³-hybridized carbons (Fsp3) is 0.571. The predicted octanol–water partition coefficient (Wildman–Crippen LogP) is 1.62. The Kier molecular flexibility index (Phi) is 4.04. The normalized spacial score (nSPS) is 19.8. The molecule has 104 valence electrons. The molecule has 1 aliphatic heterocycles. The van der Waals surface area contributed by atoms with E-state index < -0.39 is 5.97 Å². The number of carboxylic acid groups (broad SMARTS) is 1. The first-order valence-electron chi connectivity index (χ1n) is 6.61. The molecule has 0 aromatic carbocycles. The van der Waals surface area contributed by atoms with E-state index in [1.807, 2.05) is 6.07 Å². The lowest BCUT2D eigenvalue weighted by Gasteiger charge is -2.36. The van der Waals surface area contributed by atoms with Crippen molar-refractivity contribution < 1.29 is 9.90 Å². The van der Waals surface area contributed by atoms with Crippen LogP contribution in [0, 0.1) is 6.92 Å². The molecule has 1 saturated heterocycles. The van der Waals surface area contributed by atoms with Gasteiger partial charge in [0, 0.05) is 19.1 Å². The summed E-state index contributed by atoms with van der Waals surface area (Å²) in [7, 11) is 4.20. The van der Waals surface area contributed by atoms with Gasteiger partial charge in [-0.2, -0.15) is 0 Å². The van der Waals surface area contributed by atoms with Crippen molar-refractivity contribution in [2.45, 2.75) is 25.8 Å². The van der Waals surface area contributed by atoms with Crippen LogP contribution in [0.5, 0.6) is 0 Å². The van der Waals surface area contributed by atoms with Gasteiger partial charge in [0.05, 0.1) is 11.3 Å². The van der Waals surface area contributed by atoms with Crippen molar-refractivity contribution in [1.82, 2.24) is 9.88 Å². The Balaban J connectivity index is 2.18. The summed E-state index contributed by atoms with van der Waals surface area (Å²) in [5.74, 6) is -0.0320. The standard InChI is InChI=1S/C14H21N3O2/c1-10-12(14(18)19)6-7-13(15-10)17-8-4-5-11(9-17)16(2)3/h6-7,11H,4-5,8-9H2,1-3H3,(H,18,19). The Labute approximate surface area is 113 Å². The van der Waals surface area contributed by atoms with E-state index in [-0.39, 0.29) is 5.56 Å². The molecule has 0 amide bonds. The molecule has 0 radical (unpaired) electrons. The fourth-order valence-corrected chi connectivity index (χ4v) is 2.53. The minimum Gasteiger partial charge on any atom is -0.478 e. The maximum Gasteiger partial charge on any atom is 0.337 e. The third-order valence-corrected chi connectivity index (χ3v) is 3.75. The second-order valence-corrected chi connectivity index (χ2v) is 5.31. The lowest BCUT2D eigenvalue weighted by molar-refractivity contribution is 0.0695. The Hall–Kier alpha value is -1.62. The molecule has 0 aliphatic carbocycles. The zero-order valence-electron chi connectivity index (χ0n) is 11.8. The third-order valence-electron chi connectivity index (χ3n) is 3.75. The Morgan fingerprint density at radius 3 is 2.79 bits per heavy atom. The summed E-state index contributed by atoms with van der Waals surface area (Å²) < 4.78 is 0. The monoisotopic (exact) mass is 263 g/mol. The summed E-state index contributed by atoms with van der Waals surface area (Å²) in [5, 5.41) is 9.02. The molecule has 2 heterocycles. The minimum absolute atomic E-state index is 0.282. The predicted molar refractivity (Wildman–Crippen MR) is 74.9 cm³/mol. The average Bonchev–Trinajstić information content (AvgIpc) is 2.38. The molecular weight excluding hydrogens is 242 g/mol. The van der Waals surface area contributed by atoms with E-state index in [1.165, 1.54) is 6.42 Å². The number of piperidine rings is 1. The summed E-state index contributed by atoms with van der Waals surface area (Å²) in [6.07, 6.45) is 2.35.